The average molecular weight is 361 g/mol. The Bertz CT molecular complexity index is 899. The number of aryl methyl sites for hydroxylation is 3. The van der Waals surface area contributed by atoms with Gasteiger partial charge in [-0.05, 0) is 25.3 Å². The van der Waals surface area contributed by atoms with Gasteiger partial charge >= 0.3 is 0 Å². The first-order valence-corrected chi connectivity index (χ1v) is 9.08. The summed E-state index contributed by atoms with van der Waals surface area (Å²) in [5.41, 5.74) is 3.96. The van der Waals surface area contributed by atoms with Crippen LogP contribution in [0.3, 0.4) is 0 Å². The Labute approximate surface area is 158 Å². The molecule has 27 heavy (non-hydrogen) atoms. The molecule has 5 nitrogen and oxygen atoms in total. The van der Waals surface area contributed by atoms with Crippen LogP contribution in [0, 0.1) is 6.92 Å². The maximum absolute atomic E-state index is 12.1. The molecular formula is C22H23N3O2. The Hall–Kier alpha value is -3.21. The molecule has 2 N–H and O–H groups in total. The Kier molecular flexibility index (Phi) is 6.15. The zero-order chi connectivity index (χ0) is 19.1. The van der Waals surface area contributed by atoms with Crippen molar-refractivity contribution in [2.45, 2.75) is 32.6 Å². The quantitative estimate of drug-likeness (QED) is 0.593. The highest BCUT2D eigenvalue weighted by molar-refractivity contribution is 5.99. The smallest absolute Gasteiger partial charge is 0.226 e. The first kappa shape index (κ1) is 18.6. The molecule has 1 heterocycles. The number of H-pyrrole nitrogens is 1. The number of hydrogen-bond donors (Lipinski definition) is 2. The number of aromatic nitrogens is 2. The Morgan fingerprint density at radius 3 is 2.44 bits per heavy atom. The van der Waals surface area contributed by atoms with Gasteiger partial charge in [0.15, 0.2) is 11.6 Å². The summed E-state index contributed by atoms with van der Waals surface area (Å²) >= 11 is 0. The number of amides is 1. The fourth-order valence-corrected chi connectivity index (χ4v) is 2.79. The van der Waals surface area contributed by atoms with Crippen LogP contribution in [0.5, 0.6) is 0 Å². The fourth-order valence-electron chi connectivity index (χ4n) is 2.79. The number of aromatic amines is 1. The van der Waals surface area contributed by atoms with E-state index in [0.717, 1.165) is 24.1 Å². The van der Waals surface area contributed by atoms with Crippen molar-refractivity contribution < 1.29 is 9.59 Å². The van der Waals surface area contributed by atoms with Crippen LogP contribution in [0.1, 0.15) is 40.0 Å². The number of benzene rings is 2. The fraction of sp³-hybridized carbons (Fsp3) is 0.227. The molecule has 3 rings (SSSR count). The van der Waals surface area contributed by atoms with Crippen molar-refractivity contribution >= 4 is 17.5 Å². The molecule has 1 aromatic heterocycles. The number of anilines is 1. The first-order valence-electron chi connectivity index (χ1n) is 9.08. The monoisotopic (exact) mass is 361 g/mol. The van der Waals surface area contributed by atoms with Crippen molar-refractivity contribution in [3.63, 3.8) is 0 Å². The lowest BCUT2D eigenvalue weighted by molar-refractivity contribution is -0.116. The van der Waals surface area contributed by atoms with Crippen LogP contribution in [0.25, 0.3) is 0 Å². The van der Waals surface area contributed by atoms with E-state index in [2.05, 4.69) is 27.6 Å². The molecule has 0 atom stereocenters. The standard InChI is InChI=1S/C22H23N3O2/c1-16-7-10-18(11-8-16)20(26)13-14-22(27)23-21-15-19(24-25-21)12-9-17-5-3-2-4-6-17/h2-8,10-11,15H,9,12-14H2,1H3,(H2,23,24,25,27). The summed E-state index contributed by atoms with van der Waals surface area (Å²) in [4.78, 5) is 24.2. The minimum absolute atomic E-state index is 0.0317. The highest BCUT2D eigenvalue weighted by Crippen LogP contribution is 2.11. The van der Waals surface area contributed by atoms with Gasteiger partial charge in [-0.25, -0.2) is 0 Å². The molecular weight excluding hydrogens is 338 g/mol. The van der Waals surface area contributed by atoms with Gasteiger partial charge in [0.2, 0.25) is 5.91 Å². The van der Waals surface area contributed by atoms with E-state index in [9.17, 15) is 9.59 Å². The van der Waals surface area contributed by atoms with Crippen molar-refractivity contribution in [2.24, 2.45) is 0 Å². The average Bonchev–Trinajstić information content (AvgIpc) is 3.13. The molecule has 0 saturated heterocycles. The maximum Gasteiger partial charge on any atom is 0.226 e. The van der Waals surface area contributed by atoms with E-state index >= 15 is 0 Å². The van der Waals surface area contributed by atoms with E-state index < -0.39 is 0 Å². The number of carbonyl (C=O) groups is 2. The Morgan fingerprint density at radius 2 is 1.70 bits per heavy atom. The third-order valence-corrected chi connectivity index (χ3v) is 4.38. The second kappa shape index (κ2) is 8.94. The van der Waals surface area contributed by atoms with Gasteiger partial charge in [-0.1, -0.05) is 60.2 Å². The topological polar surface area (TPSA) is 74.8 Å². The predicted molar refractivity (Wildman–Crippen MR) is 106 cm³/mol. The van der Waals surface area contributed by atoms with Crippen LogP contribution in [0.2, 0.25) is 0 Å². The van der Waals surface area contributed by atoms with Gasteiger partial charge in [-0.3, -0.25) is 14.7 Å². The van der Waals surface area contributed by atoms with Gasteiger partial charge in [-0.2, -0.15) is 5.10 Å². The molecule has 0 bridgehead atoms. The van der Waals surface area contributed by atoms with E-state index in [4.69, 9.17) is 0 Å². The van der Waals surface area contributed by atoms with Gasteiger partial charge in [0, 0.05) is 30.2 Å². The zero-order valence-corrected chi connectivity index (χ0v) is 15.4. The summed E-state index contributed by atoms with van der Waals surface area (Å²) in [6, 6.07) is 19.4. The summed E-state index contributed by atoms with van der Waals surface area (Å²) in [7, 11) is 0. The summed E-state index contributed by atoms with van der Waals surface area (Å²) in [5, 5.41) is 9.81. The van der Waals surface area contributed by atoms with Crippen LogP contribution < -0.4 is 5.32 Å². The molecule has 0 unspecified atom stereocenters. The maximum atomic E-state index is 12.1. The van der Waals surface area contributed by atoms with E-state index in [1.165, 1.54) is 5.56 Å². The molecule has 3 aromatic rings. The van der Waals surface area contributed by atoms with Gasteiger partial charge in [-0.15, -0.1) is 0 Å². The molecule has 2 aromatic carbocycles. The lowest BCUT2D eigenvalue weighted by atomic mass is 10.1. The number of ketones is 1. The highest BCUT2D eigenvalue weighted by atomic mass is 16.2. The first-order chi connectivity index (χ1) is 13.1. The van der Waals surface area contributed by atoms with E-state index in [1.54, 1.807) is 12.1 Å². The lowest BCUT2D eigenvalue weighted by Crippen LogP contribution is -2.13. The largest absolute Gasteiger partial charge is 0.309 e. The molecule has 0 radical (unpaired) electrons. The van der Waals surface area contributed by atoms with E-state index in [1.807, 2.05) is 43.3 Å². The predicted octanol–water partition coefficient (Wildman–Crippen LogP) is 4.10. The summed E-state index contributed by atoms with van der Waals surface area (Å²) in [6.45, 7) is 1.97. The SMILES string of the molecule is Cc1ccc(C(=O)CCC(=O)Nc2cc(CCc3ccccc3)[nH]n2)cc1. The van der Waals surface area contributed by atoms with Gasteiger partial charge in [0.25, 0.3) is 0 Å². The number of nitrogens with zero attached hydrogens (tertiary/aromatic N) is 1. The van der Waals surface area contributed by atoms with E-state index in [0.29, 0.717) is 11.4 Å². The molecule has 1 amide bonds. The number of Topliss-reactive ketones (excluding diaryl/α,β-unsaturated/α-hetero) is 1. The van der Waals surface area contributed by atoms with Gasteiger partial charge < -0.3 is 5.32 Å². The molecule has 0 spiro atoms. The molecule has 138 valence electrons. The number of nitrogens with one attached hydrogen (secondary N) is 2. The van der Waals surface area contributed by atoms with Crippen LogP contribution in [0.15, 0.2) is 60.7 Å². The third kappa shape index (κ3) is 5.64. The molecule has 0 aliphatic heterocycles. The molecule has 5 heteroatoms. The van der Waals surface area contributed by atoms with E-state index in [-0.39, 0.29) is 24.5 Å². The Balaban J connectivity index is 1.45. The third-order valence-electron chi connectivity index (χ3n) is 4.38. The number of carbonyl (C=O) groups excluding carboxylic acids is 2. The number of rotatable bonds is 8. The molecule has 0 saturated carbocycles. The van der Waals surface area contributed by atoms with Crippen molar-refractivity contribution in [3.8, 4) is 0 Å². The molecule has 0 aliphatic rings. The summed E-state index contributed by atoms with van der Waals surface area (Å²) in [6.07, 6.45) is 2.04. The summed E-state index contributed by atoms with van der Waals surface area (Å²) in [5.74, 6) is 0.248. The highest BCUT2D eigenvalue weighted by Gasteiger charge is 2.11. The van der Waals surface area contributed by atoms with Crippen molar-refractivity contribution in [1.82, 2.24) is 10.2 Å². The second-order valence-corrected chi connectivity index (χ2v) is 6.60. The minimum atomic E-state index is -0.212. The van der Waals surface area contributed by atoms with Crippen LogP contribution in [-0.2, 0) is 17.6 Å². The van der Waals surface area contributed by atoms with Crippen LogP contribution in [-0.4, -0.2) is 21.9 Å². The molecule has 0 fully saturated rings. The normalized spacial score (nSPS) is 10.6. The van der Waals surface area contributed by atoms with Crippen molar-refractivity contribution in [1.29, 1.82) is 0 Å². The number of hydrogen-bond acceptors (Lipinski definition) is 3. The van der Waals surface area contributed by atoms with Crippen molar-refractivity contribution in [2.75, 3.05) is 5.32 Å². The van der Waals surface area contributed by atoms with Crippen LogP contribution >= 0.6 is 0 Å². The van der Waals surface area contributed by atoms with Gasteiger partial charge in [0.05, 0.1) is 0 Å². The lowest BCUT2D eigenvalue weighted by Gasteiger charge is -2.02. The summed E-state index contributed by atoms with van der Waals surface area (Å²) < 4.78 is 0. The van der Waals surface area contributed by atoms with Gasteiger partial charge in [0.1, 0.15) is 0 Å². The zero-order valence-electron chi connectivity index (χ0n) is 15.4. The minimum Gasteiger partial charge on any atom is -0.309 e. The second-order valence-electron chi connectivity index (χ2n) is 6.60. The van der Waals surface area contributed by atoms with Crippen molar-refractivity contribution in [3.05, 3.63) is 83.0 Å². The molecule has 0 aliphatic carbocycles. The Morgan fingerprint density at radius 1 is 0.963 bits per heavy atom. The van der Waals surface area contributed by atoms with Crippen LogP contribution in [0.4, 0.5) is 5.82 Å².